The molecule has 1 aliphatic rings. The Kier molecular flexibility index (Phi) is 5.13. The van der Waals surface area contributed by atoms with E-state index in [4.69, 9.17) is 0 Å². The first-order valence-electron chi connectivity index (χ1n) is 9.46. The number of carbonyl (C=O) groups is 1. The molecule has 26 heavy (non-hydrogen) atoms. The molecular weight excluding hydrogens is 326 g/mol. The van der Waals surface area contributed by atoms with Gasteiger partial charge >= 0.3 is 0 Å². The summed E-state index contributed by atoms with van der Waals surface area (Å²) in [5.74, 6) is 0.0462. The van der Waals surface area contributed by atoms with E-state index in [1.165, 1.54) is 11.1 Å². The average Bonchev–Trinajstić information content (AvgIpc) is 2.74. The second-order valence-corrected chi connectivity index (χ2v) is 8.24. The number of aromatic nitrogens is 1. The van der Waals surface area contributed by atoms with Gasteiger partial charge in [-0.1, -0.05) is 11.6 Å². The molecule has 2 heterocycles. The molecule has 1 aliphatic heterocycles. The standard InChI is InChI=1S/C21H31N3O2/c1-14-11-15(2)18-17(12-14)16(3)19(22-18)20(25)24-9-6-7-21(26,8-10-24)13-23(4)5/h11-12,22,26H,6-10,13H2,1-5H3/t21-/m0/s1. The van der Waals surface area contributed by atoms with Crippen LogP contribution in [-0.4, -0.2) is 65.1 Å². The smallest absolute Gasteiger partial charge is 0.270 e. The number of rotatable bonds is 3. The van der Waals surface area contributed by atoms with Crippen molar-refractivity contribution in [3.63, 3.8) is 0 Å². The Bertz CT molecular complexity index is 824. The first-order valence-corrected chi connectivity index (χ1v) is 9.46. The molecule has 0 saturated carbocycles. The third-order valence-corrected chi connectivity index (χ3v) is 5.54. The molecule has 1 aromatic heterocycles. The fraction of sp³-hybridized carbons (Fsp3) is 0.571. The molecule has 3 rings (SSSR count). The molecule has 2 aromatic rings. The quantitative estimate of drug-likeness (QED) is 0.888. The van der Waals surface area contributed by atoms with E-state index in [0.29, 0.717) is 31.7 Å². The lowest BCUT2D eigenvalue weighted by Crippen LogP contribution is -2.41. The van der Waals surface area contributed by atoms with Crippen molar-refractivity contribution in [1.29, 1.82) is 0 Å². The Morgan fingerprint density at radius 3 is 2.65 bits per heavy atom. The van der Waals surface area contributed by atoms with Crippen LogP contribution in [0.4, 0.5) is 0 Å². The predicted molar refractivity (Wildman–Crippen MR) is 106 cm³/mol. The zero-order valence-electron chi connectivity index (χ0n) is 16.6. The number of likely N-dealkylation sites (tertiary alicyclic amines) is 1. The van der Waals surface area contributed by atoms with Crippen LogP contribution in [0.15, 0.2) is 12.1 Å². The summed E-state index contributed by atoms with van der Waals surface area (Å²) in [5, 5.41) is 12.0. The van der Waals surface area contributed by atoms with Crippen LogP contribution in [0.1, 0.15) is 46.4 Å². The van der Waals surface area contributed by atoms with Gasteiger partial charge in [0.2, 0.25) is 0 Å². The van der Waals surface area contributed by atoms with Gasteiger partial charge in [-0.15, -0.1) is 0 Å². The molecule has 0 unspecified atom stereocenters. The average molecular weight is 357 g/mol. The molecule has 0 aliphatic carbocycles. The Labute approximate surface area is 156 Å². The van der Waals surface area contributed by atoms with Crippen molar-refractivity contribution in [1.82, 2.24) is 14.8 Å². The topological polar surface area (TPSA) is 59.6 Å². The summed E-state index contributed by atoms with van der Waals surface area (Å²) in [4.78, 5) is 20.5. The zero-order chi connectivity index (χ0) is 19.1. The number of nitrogens with one attached hydrogen (secondary N) is 1. The fourth-order valence-electron chi connectivity index (χ4n) is 4.28. The third kappa shape index (κ3) is 3.64. The highest BCUT2D eigenvalue weighted by Gasteiger charge is 2.33. The van der Waals surface area contributed by atoms with Gasteiger partial charge in [0.15, 0.2) is 0 Å². The minimum atomic E-state index is -0.707. The Hall–Kier alpha value is -1.85. The van der Waals surface area contributed by atoms with Crippen molar-refractivity contribution in [2.24, 2.45) is 0 Å². The largest absolute Gasteiger partial charge is 0.388 e. The van der Waals surface area contributed by atoms with Crippen LogP contribution < -0.4 is 0 Å². The van der Waals surface area contributed by atoms with E-state index in [1.807, 2.05) is 30.8 Å². The maximum atomic E-state index is 13.2. The van der Waals surface area contributed by atoms with Crippen LogP contribution >= 0.6 is 0 Å². The van der Waals surface area contributed by atoms with Crippen LogP contribution in [-0.2, 0) is 0 Å². The number of aryl methyl sites for hydroxylation is 3. The highest BCUT2D eigenvalue weighted by molar-refractivity contribution is 6.01. The summed E-state index contributed by atoms with van der Waals surface area (Å²) >= 11 is 0. The van der Waals surface area contributed by atoms with E-state index in [9.17, 15) is 9.90 Å². The molecular formula is C21H31N3O2. The third-order valence-electron chi connectivity index (χ3n) is 5.54. The van der Waals surface area contributed by atoms with Crippen LogP contribution in [0.25, 0.3) is 10.9 Å². The number of amides is 1. The van der Waals surface area contributed by atoms with Crippen molar-refractivity contribution in [3.8, 4) is 0 Å². The molecule has 1 aromatic carbocycles. The van der Waals surface area contributed by atoms with Crippen LogP contribution in [0.5, 0.6) is 0 Å². The van der Waals surface area contributed by atoms with Crippen molar-refractivity contribution < 1.29 is 9.90 Å². The maximum absolute atomic E-state index is 13.2. The summed E-state index contributed by atoms with van der Waals surface area (Å²) in [6.07, 6.45) is 2.18. The first kappa shape index (κ1) is 18.9. The van der Waals surface area contributed by atoms with Gasteiger partial charge in [0.05, 0.1) is 5.60 Å². The summed E-state index contributed by atoms with van der Waals surface area (Å²) in [6.45, 7) is 8.11. The van der Waals surface area contributed by atoms with Gasteiger partial charge in [0.1, 0.15) is 5.69 Å². The summed E-state index contributed by atoms with van der Waals surface area (Å²) < 4.78 is 0. The summed E-state index contributed by atoms with van der Waals surface area (Å²) in [5.41, 5.74) is 4.42. The Morgan fingerprint density at radius 2 is 1.96 bits per heavy atom. The van der Waals surface area contributed by atoms with E-state index < -0.39 is 5.60 Å². The number of hydrogen-bond acceptors (Lipinski definition) is 3. The van der Waals surface area contributed by atoms with Crippen molar-refractivity contribution in [2.45, 2.75) is 45.6 Å². The fourth-order valence-corrected chi connectivity index (χ4v) is 4.28. The second kappa shape index (κ2) is 7.05. The van der Waals surface area contributed by atoms with E-state index in [1.54, 1.807) is 0 Å². The van der Waals surface area contributed by atoms with Gasteiger partial charge in [0, 0.05) is 30.5 Å². The summed E-state index contributed by atoms with van der Waals surface area (Å²) in [7, 11) is 3.95. The number of aromatic amines is 1. The highest BCUT2D eigenvalue weighted by atomic mass is 16.3. The lowest BCUT2D eigenvalue weighted by molar-refractivity contribution is 0.00303. The molecule has 1 fully saturated rings. The predicted octanol–water partition coefficient (Wildman–Crippen LogP) is 3.01. The number of hydrogen-bond donors (Lipinski definition) is 2. The molecule has 2 N–H and O–H groups in total. The maximum Gasteiger partial charge on any atom is 0.270 e. The number of benzene rings is 1. The Morgan fingerprint density at radius 1 is 1.23 bits per heavy atom. The molecule has 1 saturated heterocycles. The van der Waals surface area contributed by atoms with Gasteiger partial charge in [-0.05, 0) is 71.3 Å². The van der Waals surface area contributed by atoms with E-state index in [2.05, 4.69) is 31.0 Å². The van der Waals surface area contributed by atoms with Gasteiger partial charge < -0.3 is 19.9 Å². The minimum absolute atomic E-state index is 0.0462. The number of nitrogens with zero attached hydrogens (tertiary/aromatic N) is 2. The second-order valence-electron chi connectivity index (χ2n) is 8.24. The SMILES string of the molecule is Cc1cc(C)c2[nH]c(C(=O)N3CCC[C@@](O)(CN(C)C)CC3)c(C)c2c1. The van der Waals surface area contributed by atoms with Crippen molar-refractivity contribution in [2.75, 3.05) is 33.7 Å². The Balaban J connectivity index is 1.85. The van der Waals surface area contributed by atoms with Crippen molar-refractivity contribution >= 4 is 16.8 Å². The van der Waals surface area contributed by atoms with Crippen LogP contribution in [0, 0.1) is 20.8 Å². The molecule has 0 bridgehead atoms. The van der Waals surface area contributed by atoms with Gasteiger partial charge in [-0.25, -0.2) is 0 Å². The molecule has 5 heteroatoms. The van der Waals surface area contributed by atoms with Crippen LogP contribution in [0.3, 0.4) is 0 Å². The summed E-state index contributed by atoms with van der Waals surface area (Å²) in [6, 6.07) is 4.28. The number of fused-ring (bicyclic) bond motifs is 1. The number of aliphatic hydroxyl groups is 1. The molecule has 0 radical (unpaired) electrons. The number of carbonyl (C=O) groups excluding carboxylic acids is 1. The lowest BCUT2D eigenvalue weighted by Gasteiger charge is -2.29. The molecule has 0 spiro atoms. The molecule has 1 atom stereocenters. The lowest BCUT2D eigenvalue weighted by atomic mass is 9.94. The monoisotopic (exact) mass is 357 g/mol. The van der Waals surface area contributed by atoms with Crippen LogP contribution in [0.2, 0.25) is 0 Å². The zero-order valence-corrected chi connectivity index (χ0v) is 16.6. The number of likely N-dealkylation sites (N-methyl/N-ethyl adjacent to an activating group) is 1. The highest BCUT2D eigenvalue weighted by Crippen LogP contribution is 2.28. The van der Waals surface area contributed by atoms with Crippen molar-refractivity contribution in [3.05, 3.63) is 34.5 Å². The van der Waals surface area contributed by atoms with E-state index in [-0.39, 0.29) is 5.91 Å². The van der Waals surface area contributed by atoms with Gasteiger partial charge in [-0.3, -0.25) is 4.79 Å². The molecule has 142 valence electrons. The first-order chi connectivity index (χ1) is 12.2. The molecule has 5 nitrogen and oxygen atoms in total. The molecule has 1 amide bonds. The number of H-pyrrole nitrogens is 1. The van der Waals surface area contributed by atoms with Gasteiger partial charge in [-0.2, -0.15) is 0 Å². The van der Waals surface area contributed by atoms with Gasteiger partial charge in [0.25, 0.3) is 5.91 Å². The van der Waals surface area contributed by atoms with E-state index in [0.717, 1.165) is 29.3 Å². The normalized spacial score (nSPS) is 21.4. The van der Waals surface area contributed by atoms with E-state index >= 15 is 0 Å². The minimum Gasteiger partial charge on any atom is -0.388 e.